The zero-order valence-electron chi connectivity index (χ0n) is 15.9. The van der Waals surface area contributed by atoms with Gasteiger partial charge in [0.2, 0.25) is 0 Å². The number of aliphatic hydroxyl groups excluding tert-OH is 3. The normalized spacial score (nSPS) is 61.3. The zero-order valence-corrected chi connectivity index (χ0v) is 17.5. The van der Waals surface area contributed by atoms with Crippen LogP contribution in [-0.4, -0.2) is 38.5 Å². The van der Waals surface area contributed by atoms with E-state index in [1.807, 2.05) is 0 Å². The second-order valence-corrected chi connectivity index (χ2v) is 11.6. The van der Waals surface area contributed by atoms with Gasteiger partial charge in [-0.2, -0.15) is 0 Å². The molecule has 4 rings (SSSR count). The molecule has 0 aromatic carbocycles. The van der Waals surface area contributed by atoms with Gasteiger partial charge in [0.1, 0.15) is 0 Å². The van der Waals surface area contributed by atoms with Crippen molar-refractivity contribution < 1.29 is 15.3 Å². The first-order valence-electron chi connectivity index (χ1n) is 10.4. The average molecular weight is 415 g/mol. The minimum atomic E-state index is -0.268. The van der Waals surface area contributed by atoms with Crippen LogP contribution >= 0.6 is 15.9 Å². The molecule has 4 heteroatoms. The monoisotopic (exact) mass is 414 g/mol. The van der Waals surface area contributed by atoms with E-state index in [0.29, 0.717) is 29.6 Å². The highest BCUT2D eigenvalue weighted by atomic mass is 79.9. The highest BCUT2D eigenvalue weighted by Crippen LogP contribution is 2.71. The number of alkyl halides is 1. The third-order valence-corrected chi connectivity index (χ3v) is 11.4. The van der Waals surface area contributed by atoms with Crippen molar-refractivity contribution in [2.45, 2.75) is 82.2 Å². The van der Waals surface area contributed by atoms with Crippen molar-refractivity contribution in [2.24, 2.45) is 40.4 Å². The summed E-state index contributed by atoms with van der Waals surface area (Å²) in [6, 6.07) is 0. The second kappa shape index (κ2) is 5.93. The molecule has 3 nitrogen and oxygen atoms in total. The summed E-state index contributed by atoms with van der Waals surface area (Å²) in [7, 11) is 0. The van der Waals surface area contributed by atoms with Crippen molar-refractivity contribution in [3.8, 4) is 0 Å². The molecular weight excluding hydrogens is 380 g/mol. The first-order valence-corrected chi connectivity index (χ1v) is 11.2. The van der Waals surface area contributed by atoms with E-state index in [4.69, 9.17) is 0 Å². The molecule has 10 atom stereocenters. The van der Waals surface area contributed by atoms with E-state index in [1.165, 1.54) is 0 Å². The van der Waals surface area contributed by atoms with Crippen LogP contribution in [0.2, 0.25) is 0 Å². The first kappa shape index (κ1) is 18.7. The summed E-state index contributed by atoms with van der Waals surface area (Å²) in [6.07, 6.45) is 6.56. The molecule has 4 saturated carbocycles. The van der Waals surface area contributed by atoms with Crippen molar-refractivity contribution in [2.75, 3.05) is 6.61 Å². The SMILES string of the molecule is C[C@@H]1C[C@H](O)C[C@]2(Br)[C@H](C)C[C@H]3[C@@H]4CC[C@H](O)[C@@]4(C)CC[C@@H]3[C@@]12CO. The highest BCUT2D eigenvalue weighted by Gasteiger charge is 2.69. The molecule has 4 aliphatic rings. The van der Waals surface area contributed by atoms with Gasteiger partial charge in [-0.25, -0.2) is 0 Å². The molecule has 144 valence electrons. The van der Waals surface area contributed by atoms with Crippen LogP contribution in [0.15, 0.2) is 0 Å². The fourth-order valence-electron chi connectivity index (χ4n) is 8.21. The van der Waals surface area contributed by atoms with Gasteiger partial charge in [0, 0.05) is 9.74 Å². The van der Waals surface area contributed by atoms with E-state index in [2.05, 4.69) is 36.7 Å². The van der Waals surface area contributed by atoms with E-state index in [0.717, 1.165) is 44.9 Å². The van der Waals surface area contributed by atoms with Crippen molar-refractivity contribution in [3.05, 3.63) is 0 Å². The summed E-state index contributed by atoms with van der Waals surface area (Å²) in [5.41, 5.74) is -0.0787. The standard InChI is InChI=1S/C21H35BrO3/c1-12-8-14(24)10-21(22)13(2)9-15-16-4-5-18(25)19(16,3)7-6-17(15)20(12,21)11-23/h12-18,23-25H,4-11H2,1-3H3/t12-,13-,14+,15+,16+,17+,18+,19+,20-,21+/m1/s1. The Bertz CT molecular complexity index is 541. The Hall–Kier alpha value is 0.360. The molecule has 0 saturated heterocycles. The Balaban J connectivity index is 1.78. The van der Waals surface area contributed by atoms with Gasteiger partial charge in [0.05, 0.1) is 18.8 Å². The third-order valence-electron chi connectivity index (χ3n) is 9.53. The smallest absolute Gasteiger partial charge is 0.0596 e. The molecule has 4 fully saturated rings. The van der Waals surface area contributed by atoms with Crippen LogP contribution in [0.5, 0.6) is 0 Å². The van der Waals surface area contributed by atoms with Gasteiger partial charge in [-0.3, -0.25) is 0 Å². The molecule has 0 amide bonds. The molecule has 0 aromatic rings. The molecule has 0 unspecified atom stereocenters. The lowest BCUT2D eigenvalue weighted by Crippen LogP contribution is -2.68. The molecule has 0 heterocycles. The lowest BCUT2D eigenvalue weighted by atomic mass is 9.40. The number of aliphatic hydroxyl groups is 3. The maximum absolute atomic E-state index is 10.8. The number of hydrogen-bond acceptors (Lipinski definition) is 3. The fraction of sp³-hybridized carbons (Fsp3) is 1.00. The Morgan fingerprint density at radius 2 is 1.72 bits per heavy atom. The number of rotatable bonds is 1. The van der Waals surface area contributed by atoms with Crippen LogP contribution in [0.25, 0.3) is 0 Å². The lowest BCUT2D eigenvalue weighted by Gasteiger charge is -2.68. The van der Waals surface area contributed by atoms with Crippen LogP contribution in [0.4, 0.5) is 0 Å². The van der Waals surface area contributed by atoms with Crippen molar-refractivity contribution >= 4 is 15.9 Å². The average Bonchev–Trinajstić information content (AvgIpc) is 2.84. The van der Waals surface area contributed by atoms with Crippen LogP contribution in [0.3, 0.4) is 0 Å². The van der Waals surface area contributed by atoms with E-state index in [9.17, 15) is 15.3 Å². The Kier molecular flexibility index (Phi) is 4.44. The molecule has 3 N–H and O–H groups in total. The summed E-state index contributed by atoms with van der Waals surface area (Å²) in [4.78, 5) is 0. The molecule has 0 aliphatic heterocycles. The molecule has 0 aromatic heterocycles. The Morgan fingerprint density at radius 3 is 2.40 bits per heavy atom. The van der Waals surface area contributed by atoms with Gasteiger partial charge >= 0.3 is 0 Å². The van der Waals surface area contributed by atoms with E-state index >= 15 is 0 Å². The van der Waals surface area contributed by atoms with Gasteiger partial charge in [-0.05, 0) is 80.0 Å². The summed E-state index contributed by atoms with van der Waals surface area (Å²) in [5, 5.41) is 31.9. The van der Waals surface area contributed by atoms with E-state index in [1.54, 1.807) is 0 Å². The summed E-state index contributed by atoms with van der Waals surface area (Å²) in [5.74, 6) is 2.42. The quantitative estimate of drug-likeness (QED) is 0.572. The zero-order chi connectivity index (χ0) is 18.2. The highest BCUT2D eigenvalue weighted by molar-refractivity contribution is 9.10. The largest absolute Gasteiger partial charge is 0.396 e. The summed E-state index contributed by atoms with van der Waals surface area (Å²) < 4.78 is -0.169. The van der Waals surface area contributed by atoms with Gasteiger partial charge in [0.25, 0.3) is 0 Å². The van der Waals surface area contributed by atoms with Gasteiger partial charge in [-0.1, -0.05) is 36.7 Å². The summed E-state index contributed by atoms with van der Waals surface area (Å²) >= 11 is 4.13. The van der Waals surface area contributed by atoms with Crippen LogP contribution in [0, 0.1) is 40.4 Å². The third kappa shape index (κ3) is 2.20. The van der Waals surface area contributed by atoms with Gasteiger partial charge in [0.15, 0.2) is 0 Å². The molecule has 25 heavy (non-hydrogen) atoms. The van der Waals surface area contributed by atoms with Crippen LogP contribution in [-0.2, 0) is 0 Å². The first-order chi connectivity index (χ1) is 11.7. The molecule has 0 bridgehead atoms. The number of fused-ring (bicyclic) bond motifs is 5. The predicted octanol–water partition coefficient (Wildman–Crippen LogP) is 3.73. The lowest BCUT2D eigenvalue weighted by molar-refractivity contribution is -0.182. The maximum Gasteiger partial charge on any atom is 0.0596 e. The van der Waals surface area contributed by atoms with Gasteiger partial charge < -0.3 is 15.3 Å². The second-order valence-electron chi connectivity index (χ2n) is 10.2. The predicted molar refractivity (Wildman–Crippen MR) is 102 cm³/mol. The van der Waals surface area contributed by atoms with Crippen LogP contribution in [0.1, 0.15) is 65.7 Å². The Morgan fingerprint density at radius 1 is 1.00 bits per heavy atom. The summed E-state index contributed by atoms with van der Waals surface area (Å²) in [6.45, 7) is 7.09. The topological polar surface area (TPSA) is 60.7 Å². The maximum atomic E-state index is 10.8. The van der Waals surface area contributed by atoms with E-state index in [-0.39, 0.29) is 34.0 Å². The molecule has 0 radical (unpaired) electrons. The fourth-order valence-corrected chi connectivity index (χ4v) is 9.58. The van der Waals surface area contributed by atoms with Gasteiger partial charge in [-0.15, -0.1) is 0 Å². The number of halogens is 1. The van der Waals surface area contributed by atoms with Crippen molar-refractivity contribution in [3.63, 3.8) is 0 Å². The molecule has 0 spiro atoms. The molecular formula is C21H35BrO3. The number of hydrogen-bond donors (Lipinski definition) is 3. The minimum absolute atomic E-state index is 0.0707. The van der Waals surface area contributed by atoms with Crippen molar-refractivity contribution in [1.82, 2.24) is 0 Å². The van der Waals surface area contributed by atoms with Crippen LogP contribution < -0.4 is 0 Å². The van der Waals surface area contributed by atoms with Crippen molar-refractivity contribution in [1.29, 1.82) is 0 Å². The Labute approximate surface area is 160 Å². The minimum Gasteiger partial charge on any atom is -0.396 e. The van der Waals surface area contributed by atoms with E-state index < -0.39 is 0 Å². The molecule has 4 aliphatic carbocycles.